The van der Waals surface area contributed by atoms with Crippen molar-refractivity contribution in [1.29, 1.82) is 0 Å². The highest BCUT2D eigenvalue weighted by molar-refractivity contribution is 5.99. The zero-order valence-corrected chi connectivity index (χ0v) is 12.1. The van der Waals surface area contributed by atoms with E-state index in [1.165, 1.54) is 0 Å². The largest absolute Gasteiger partial charge is 0.497 e. The highest BCUT2D eigenvalue weighted by Gasteiger charge is 2.10. The number of para-hydroxylation sites is 1. The van der Waals surface area contributed by atoms with Crippen LogP contribution in [0, 0.1) is 0 Å². The Bertz CT molecular complexity index is 641. The summed E-state index contributed by atoms with van der Waals surface area (Å²) in [6.07, 6.45) is 0. The fourth-order valence-electron chi connectivity index (χ4n) is 1.97. The van der Waals surface area contributed by atoms with Crippen molar-refractivity contribution >= 4 is 11.6 Å². The molecule has 0 atom stereocenters. The van der Waals surface area contributed by atoms with Crippen molar-refractivity contribution < 1.29 is 14.3 Å². The molecule has 2 aromatic rings. The number of ether oxygens (including phenoxy) is 2. The Morgan fingerprint density at radius 1 is 1.14 bits per heavy atom. The molecular weight excluding hydrogens is 268 g/mol. The lowest BCUT2D eigenvalue weighted by molar-refractivity contribution is 0.0951. The predicted octanol–water partition coefficient (Wildman–Crippen LogP) is 2.22. The number of nitrogens with one attached hydrogen (secondary N) is 1. The molecule has 0 bridgehead atoms. The van der Waals surface area contributed by atoms with Crippen molar-refractivity contribution in [3.05, 3.63) is 53.6 Å². The third-order valence-electron chi connectivity index (χ3n) is 3.14. The molecule has 1 amide bonds. The van der Waals surface area contributed by atoms with E-state index in [4.69, 9.17) is 15.2 Å². The summed E-state index contributed by atoms with van der Waals surface area (Å²) in [7, 11) is 3.17. The van der Waals surface area contributed by atoms with E-state index >= 15 is 0 Å². The standard InChI is InChI=1S/C16H18N2O3/c1-20-12-8-7-11(15(9-12)21-2)10-18-16(19)13-5-3-4-6-14(13)17/h3-9H,10,17H2,1-2H3,(H,18,19). The van der Waals surface area contributed by atoms with Crippen LogP contribution in [0.3, 0.4) is 0 Å². The Balaban J connectivity index is 2.10. The van der Waals surface area contributed by atoms with Gasteiger partial charge in [-0.1, -0.05) is 12.1 Å². The van der Waals surface area contributed by atoms with E-state index < -0.39 is 0 Å². The average molecular weight is 286 g/mol. The topological polar surface area (TPSA) is 73.6 Å². The summed E-state index contributed by atoms with van der Waals surface area (Å²) < 4.78 is 10.4. The van der Waals surface area contributed by atoms with Gasteiger partial charge in [-0.15, -0.1) is 0 Å². The van der Waals surface area contributed by atoms with Gasteiger partial charge in [0, 0.05) is 23.9 Å². The number of amides is 1. The summed E-state index contributed by atoms with van der Waals surface area (Å²) in [5, 5.41) is 2.83. The van der Waals surface area contributed by atoms with Crippen LogP contribution in [-0.2, 0) is 6.54 Å². The van der Waals surface area contributed by atoms with Crippen LogP contribution in [0.2, 0.25) is 0 Å². The predicted molar refractivity (Wildman–Crippen MR) is 81.6 cm³/mol. The first-order valence-electron chi connectivity index (χ1n) is 6.49. The first kappa shape index (κ1) is 14.7. The molecule has 0 fully saturated rings. The second-order valence-electron chi connectivity index (χ2n) is 4.45. The molecule has 0 aliphatic carbocycles. The number of methoxy groups -OCH3 is 2. The molecule has 2 rings (SSSR count). The van der Waals surface area contributed by atoms with E-state index in [0.29, 0.717) is 29.3 Å². The molecule has 5 nitrogen and oxygen atoms in total. The van der Waals surface area contributed by atoms with Gasteiger partial charge in [0.15, 0.2) is 0 Å². The second kappa shape index (κ2) is 6.65. The molecule has 0 saturated heterocycles. The number of benzene rings is 2. The molecule has 0 aliphatic rings. The summed E-state index contributed by atoms with van der Waals surface area (Å²) >= 11 is 0. The van der Waals surface area contributed by atoms with Crippen LogP contribution in [0.1, 0.15) is 15.9 Å². The molecule has 0 saturated carbocycles. The summed E-state index contributed by atoms with van der Waals surface area (Å²) in [5.74, 6) is 1.15. The lowest BCUT2D eigenvalue weighted by atomic mass is 10.1. The van der Waals surface area contributed by atoms with Crippen molar-refractivity contribution in [3.8, 4) is 11.5 Å². The Morgan fingerprint density at radius 2 is 1.90 bits per heavy atom. The lowest BCUT2D eigenvalue weighted by Gasteiger charge is -2.12. The summed E-state index contributed by atoms with van der Waals surface area (Å²) in [6, 6.07) is 12.4. The van der Waals surface area contributed by atoms with Gasteiger partial charge in [-0.25, -0.2) is 0 Å². The number of hydrogen-bond donors (Lipinski definition) is 2. The van der Waals surface area contributed by atoms with Gasteiger partial charge in [0.05, 0.1) is 19.8 Å². The third-order valence-corrected chi connectivity index (χ3v) is 3.14. The first-order valence-corrected chi connectivity index (χ1v) is 6.49. The van der Waals surface area contributed by atoms with E-state index in [1.54, 1.807) is 44.6 Å². The molecule has 0 radical (unpaired) electrons. The summed E-state index contributed by atoms with van der Waals surface area (Å²) in [6.45, 7) is 0.348. The molecule has 0 unspecified atom stereocenters. The van der Waals surface area contributed by atoms with Crippen LogP contribution < -0.4 is 20.5 Å². The van der Waals surface area contributed by atoms with E-state index in [2.05, 4.69) is 5.32 Å². The van der Waals surface area contributed by atoms with Crippen LogP contribution in [0.4, 0.5) is 5.69 Å². The van der Waals surface area contributed by atoms with E-state index in [1.807, 2.05) is 12.1 Å². The van der Waals surface area contributed by atoms with Crippen molar-refractivity contribution in [2.24, 2.45) is 0 Å². The lowest BCUT2D eigenvalue weighted by Crippen LogP contribution is -2.24. The van der Waals surface area contributed by atoms with Gasteiger partial charge in [-0.2, -0.15) is 0 Å². The van der Waals surface area contributed by atoms with Crippen molar-refractivity contribution in [2.75, 3.05) is 20.0 Å². The van der Waals surface area contributed by atoms with Crippen LogP contribution in [0.25, 0.3) is 0 Å². The van der Waals surface area contributed by atoms with Gasteiger partial charge in [0.2, 0.25) is 0 Å². The molecule has 2 aromatic carbocycles. The average Bonchev–Trinajstić information content (AvgIpc) is 2.52. The normalized spacial score (nSPS) is 10.0. The van der Waals surface area contributed by atoms with Gasteiger partial charge in [0.1, 0.15) is 11.5 Å². The molecule has 0 spiro atoms. The van der Waals surface area contributed by atoms with Gasteiger partial charge in [-0.05, 0) is 24.3 Å². The third kappa shape index (κ3) is 3.45. The van der Waals surface area contributed by atoms with E-state index in [-0.39, 0.29) is 5.91 Å². The van der Waals surface area contributed by atoms with Crippen molar-refractivity contribution in [2.45, 2.75) is 6.54 Å². The molecule has 0 heterocycles. The molecular formula is C16H18N2O3. The van der Waals surface area contributed by atoms with E-state index in [9.17, 15) is 4.79 Å². The van der Waals surface area contributed by atoms with Gasteiger partial charge < -0.3 is 20.5 Å². The van der Waals surface area contributed by atoms with Gasteiger partial charge in [-0.3, -0.25) is 4.79 Å². The van der Waals surface area contributed by atoms with Gasteiger partial charge in [0.25, 0.3) is 5.91 Å². The number of carbonyl (C=O) groups excluding carboxylic acids is 1. The molecule has 0 aliphatic heterocycles. The maximum Gasteiger partial charge on any atom is 0.253 e. The highest BCUT2D eigenvalue weighted by Crippen LogP contribution is 2.24. The Labute approximate surface area is 123 Å². The van der Waals surface area contributed by atoms with Crippen molar-refractivity contribution in [1.82, 2.24) is 5.32 Å². The molecule has 21 heavy (non-hydrogen) atoms. The zero-order chi connectivity index (χ0) is 15.2. The minimum atomic E-state index is -0.217. The molecule has 110 valence electrons. The Kier molecular flexibility index (Phi) is 4.66. The van der Waals surface area contributed by atoms with Crippen LogP contribution in [0.15, 0.2) is 42.5 Å². The Hall–Kier alpha value is -2.69. The fourth-order valence-corrected chi connectivity index (χ4v) is 1.97. The minimum absolute atomic E-state index is 0.217. The van der Waals surface area contributed by atoms with Crippen LogP contribution in [-0.4, -0.2) is 20.1 Å². The molecule has 3 N–H and O–H groups in total. The van der Waals surface area contributed by atoms with Gasteiger partial charge >= 0.3 is 0 Å². The SMILES string of the molecule is COc1ccc(CNC(=O)c2ccccc2N)c(OC)c1. The molecule has 5 heteroatoms. The number of carbonyl (C=O) groups is 1. The number of nitrogens with two attached hydrogens (primary N) is 1. The number of nitrogen functional groups attached to an aromatic ring is 1. The Morgan fingerprint density at radius 3 is 2.57 bits per heavy atom. The fraction of sp³-hybridized carbons (Fsp3) is 0.188. The zero-order valence-electron chi connectivity index (χ0n) is 12.1. The summed E-state index contributed by atoms with van der Waals surface area (Å²) in [5.41, 5.74) is 7.56. The maximum atomic E-state index is 12.1. The second-order valence-corrected chi connectivity index (χ2v) is 4.45. The quantitative estimate of drug-likeness (QED) is 0.827. The number of rotatable bonds is 5. The van der Waals surface area contributed by atoms with Crippen molar-refractivity contribution in [3.63, 3.8) is 0 Å². The first-order chi connectivity index (χ1) is 10.2. The smallest absolute Gasteiger partial charge is 0.253 e. The summed E-state index contributed by atoms with van der Waals surface area (Å²) in [4.78, 5) is 12.1. The number of hydrogen-bond acceptors (Lipinski definition) is 4. The monoisotopic (exact) mass is 286 g/mol. The molecule has 0 aromatic heterocycles. The maximum absolute atomic E-state index is 12.1. The number of anilines is 1. The van der Waals surface area contributed by atoms with Crippen LogP contribution in [0.5, 0.6) is 11.5 Å². The van der Waals surface area contributed by atoms with Crippen LogP contribution >= 0.6 is 0 Å². The highest BCUT2D eigenvalue weighted by atomic mass is 16.5. The minimum Gasteiger partial charge on any atom is -0.497 e. The van der Waals surface area contributed by atoms with E-state index in [0.717, 1.165) is 5.56 Å².